The second-order valence-corrected chi connectivity index (χ2v) is 5.75. The first kappa shape index (κ1) is 14.2. The number of hydrogen-bond donors (Lipinski definition) is 0. The summed E-state index contributed by atoms with van der Waals surface area (Å²) in [7, 11) is 1.86. The van der Waals surface area contributed by atoms with Gasteiger partial charge in [0.2, 0.25) is 0 Å². The molecular formula is C14H17N3O3S. The minimum atomic E-state index is -0.332. The molecule has 0 radical (unpaired) electrons. The Morgan fingerprint density at radius 2 is 2.24 bits per heavy atom. The van der Waals surface area contributed by atoms with Crippen molar-refractivity contribution in [3.8, 4) is 0 Å². The predicted octanol–water partition coefficient (Wildman–Crippen LogP) is 1.25. The standard InChI is InChI=1S/C14H17N3O3S/c1-16-5-9-21-14(16)15-13(18)12-11(2-6-20-12)10-17-3-7-19-8-4-17/h2,5-6,9H,3-4,7-8,10H2,1H3. The molecule has 3 heterocycles. The number of ether oxygens (including phenoxy) is 1. The zero-order valence-electron chi connectivity index (χ0n) is 11.8. The number of hydrogen-bond acceptors (Lipinski definition) is 5. The second kappa shape index (κ2) is 6.38. The van der Waals surface area contributed by atoms with Crippen LogP contribution in [0.1, 0.15) is 16.1 Å². The molecule has 0 atom stereocenters. The van der Waals surface area contributed by atoms with Gasteiger partial charge in [-0.15, -0.1) is 11.3 Å². The third-order valence-corrected chi connectivity index (χ3v) is 4.24. The number of carbonyl (C=O) groups is 1. The van der Waals surface area contributed by atoms with Crippen LogP contribution >= 0.6 is 11.3 Å². The van der Waals surface area contributed by atoms with Crippen molar-refractivity contribution in [1.82, 2.24) is 9.47 Å². The van der Waals surface area contributed by atoms with Gasteiger partial charge in [0.1, 0.15) is 0 Å². The topological polar surface area (TPSA) is 60.0 Å². The van der Waals surface area contributed by atoms with Crippen LogP contribution in [0.4, 0.5) is 0 Å². The first-order valence-corrected chi connectivity index (χ1v) is 7.67. The molecule has 1 aliphatic heterocycles. The Balaban J connectivity index is 1.78. The van der Waals surface area contributed by atoms with Gasteiger partial charge in [0.25, 0.3) is 0 Å². The van der Waals surface area contributed by atoms with Gasteiger partial charge in [-0.05, 0) is 6.07 Å². The highest BCUT2D eigenvalue weighted by atomic mass is 32.1. The summed E-state index contributed by atoms with van der Waals surface area (Å²) in [5.41, 5.74) is 0.879. The van der Waals surface area contributed by atoms with Crippen molar-refractivity contribution in [2.24, 2.45) is 12.0 Å². The van der Waals surface area contributed by atoms with Gasteiger partial charge in [0.15, 0.2) is 10.6 Å². The zero-order valence-corrected chi connectivity index (χ0v) is 12.6. The molecule has 0 aromatic carbocycles. The number of furan rings is 1. The van der Waals surface area contributed by atoms with E-state index in [9.17, 15) is 4.79 Å². The number of aromatic nitrogens is 1. The number of nitrogens with zero attached hydrogens (tertiary/aromatic N) is 3. The van der Waals surface area contributed by atoms with Crippen LogP contribution in [-0.2, 0) is 18.3 Å². The first-order chi connectivity index (χ1) is 10.2. The van der Waals surface area contributed by atoms with Gasteiger partial charge in [0.05, 0.1) is 19.5 Å². The predicted molar refractivity (Wildman–Crippen MR) is 78.0 cm³/mol. The van der Waals surface area contributed by atoms with Gasteiger partial charge in [0, 0.05) is 43.8 Å². The fourth-order valence-electron chi connectivity index (χ4n) is 2.22. The largest absolute Gasteiger partial charge is 0.459 e. The third-order valence-electron chi connectivity index (χ3n) is 3.40. The molecule has 0 aliphatic carbocycles. The van der Waals surface area contributed by atoms with Gasteiger partial charge in [-0.1, -0.05) is 0 Å². The van der Waals surface area contributed by atoms with Gasteiger partial charge >= 0.3 is 5.91 Å². The lowest BCUT2D eigenvalue weighted by atomic mass is 10.2. The first-order valence-electron chi connectivity index (χ1n) is 6.79. The van der Waals surface area contributed by atoms with E-state index in [1.54, 1.807) is 6.26 Å². The SMILES string of the molecule is Cn1ccsc1=NC(=O)c1occc1CN1CCOCC1. The van der Waals surface area contributed by atoms with Crippen molar-refractivity contribution in [3.63, 3.8) is 0 Å². The number of rotatable bonds is 3. The van der Waals surface area contributed by atoms with Crippen molar-refractivity contribution < 1.29 is 13.9 Å². The molecule has 6 nitrogen and oxygen atoms in total. The quantitative estimate of drug-likeness (QED) is 0.856. The normalized spacial score (nSPS) is 17.3. The maximum absolute atomic E-state index is 12.3. The van der Waals surface area contributed by atoms with Gasteiger partial charge in [-0.2, -0.15) is 4.99 Å². The molecule has 0 saturated carbocycles. The Morgan fingerprint density at radius 1 is 1.43 bits per heavy atom. The van der Waals surface area contributed by atoms with Crippen LogP contribution in [0.3, 0.4) is 0 Å². The molecule has 0 spiro atoms. The molecule has 21 heavy (non-hydrogen) atoms. The van der Waals surface area contributed by atoms with Crippen molar-refractivity contribution in [2.75, 3.05) is 26.3 Å². The lowest BCUT2D eigenvalue weighted by Gasteiger charge is -2.26. The maximum Gasteiger partial charge on any atom is 0.315 e. The highest BCUT2D eigenvalue weighted by molar-refractivity contribution is 7.07. The molecule has 0 bridgehead atoms. The van der Waals surface area contributed by atoms with Crippen LogP contribution in [-0.4, -0.2) is 41.7 Å². The summed E-state index contributed by atoms with van der Waals surface area (Å²) in [6.45, 7) is 3.89. The number of amides is 1. The van der Waals surface area contributed by atoms with Crippen molar-refractivity contribution in [2.45, 2.75) is 6.54 Å². The van der Waals surface area contributed by atoms with Crippen LogP contribution in [0.5, 0.6) is 0 Å². The van der Waals surface area contributed by atoms with E-state index in [-0.39, 0.29) is 5.91 Å². The highest BCUT2D eigenvalue weighted by Gasteiger charge is 2.18. The minimum Gasteiger partial charge on any atom is -0.459 e. The molecular weight excluding hydrogens is 290 g/mol. The molecule has 1 amide bonds. The van der Waals surface area contributed by atoms with Crippen molar-refractivity contribution in [1.29, 1.82) is 0 Å². The summed E-state index contributed by atoms with van der Waals surface area (Å²) >= 11 is 1.42. The fraction of sp³-hybridized carbons (Fsp3) is 0.429. The van der Waals surface area contributed by atoms with Gasteiger partial charge in [-0.3, -0.25) is 9.69 Å². The van der Waals surface area contributed by atoms with Crippen LogP contribution in [0.25, 0.3) is 0 Å². The molecule has 1 aliphatic rings. The molecule has 0 unspecified atom stereocenters. The van der Waals surface area contributed by atoms with E-state index in [4.69, 9.17) is 9.15 Å². The Morgan fingerprint density at radius 3 is 2.95 bits per heavy atom. The maximum atomic E-state index is 12.3. The average Bonchev–Trinajstić information content (AvgIpc) is 3.10. The van der Waals surface area contributed by atoms with Crippen LogP contribution in [0.15, 0.2) is 33.3 Å². The summed E-state index contributed by atoms with van der Waals surface area (Å²) in [5.74, 6) is -0.00352. The Hall–Kier alpha value is -1.70. The summed E-state index contributed by atoms with van der Waals surface area (Å²) < 4.78 is 12.5. The van der Waals surface area contributed by atoms with Crippen LogP contribution in [0, 0.1) is 0 Å². The Bertz CT molecular complexity index is 679. The Kier molecular flexibility index (Phi) is 4.33. The minimum absolute atomic E-state index is 0.329. The van der Waals surface area contributed by atoms with E-state index in [0.29, 0.717) is 17.1 Å². The van der Waals surface area contributed by atoms with Crippen LogP contribution < -0.4 is 4.80 Å². The average molecular weight is 307 g/mol. The van der Waals surface area contributed by atoms with E-state index >= 15 is 0 Å². The zero-order chi connectivity index (χ0) is 14.7. The Labute approximate surface area is 126 Å². The lowest BCUT2D eigenvalue weighted by molar-refractivity contribution is 0.0339. The second-order valence-electron chi connectivity index (χ2n) is 4.88. The molecule has 1 saturated heterocycles. The van der Waals surface area contributed by atoms with Crippen molar-refractivity contribution >= 4 is 17.2 Å². The van der Waals surface area contributed by atoms with E-state index in [2.05, 4.69) is 9.89 Å². The molecule has 1 fully saturated rings. The third kappa shape index (κ3) is 3.31. The number of thiazole rings is 1. The van der Waals surface area contributed by atoms with E-state index in [0.717, 1.165) is 31.9 Å². The molecule has 7 heteroatoms. The summed E-state index contributed by atoms with van der Waals surface area (Å²) in [6.07, 6.45) is 3.42. The summed E-state index contributed by atoms with van der Waals surface area (Å²) in [4.78, 5) is 19.3. The van der Waals surface area contributed by atoms with Gasteiger partial charge < -0.3 is 13.7 Å². The summed E-state index contributed by atoms with van der Waals surface area (Å²) in [5, 5.41) is 1.89. The molecule has 3 rings (SSSR count). The highest BCUT2D eigenvalue weighted by Crippen LogP contribution is 2.15. The molecule has 2 aromatic heterocycles. The van der Waals surface area contributed by atoms with Crippen LogP contribution in [0.2, 0.25) is 0 Å². The van der Waals surface area contributed by atoms with E-state index in [1.165, 1.54) is 11.3 Å². The number of aryl methyl sites for hydroxylation is 1. The monoisotopic (exact) mass is 307 g/mol. The molecule has 0 N–H and O–H groups in total. The smallest absolute Gasteiger partial charge is 0.315 e. The van der Waals surface area contributed by atoms with Crippen molar-refractivity contribution in [3.05, 3.63) is 40.0 Å². The molecule has 2 aromatic rings. The van der Waals surface area contributed by atoms with E-state index < -0.39 is 0 Å². The molecule has 112 valence electrons. The van der Waals surface area contributed by atoms with Gasteiger partial charge in [-0.25, -0.2) is 0 Å². The fourth-order valence-corrected chi connectivity index (χ4v) is 2.95. The summed E-state index contributed by atoms with van der Waals surface area (Å²) in [6, 6.07) is 1.84. The van der Waals surface area contributed by atoms with E-state index in [1.807, 2.05) is 29.3 Å². The number of carbonyl (C=O) groups excluding carboxylic acids is 1. The number of morpholine rings is 1. The lowest BCUT2D eigenvalue weighted by Crippen LogP contribution is -2.35.